The second-order valence-electron chi connectivity index (χ2n) is 7.23. The van der Waals surface area contributed by atoms with Crippen molar-refractivity contribution in [2.24, 2.45) is 0 Å². The quantitative estimate of drug-likeness (QED) is 0.594. The third kappa shape index (κ3) is 4.59. The van der Waals surface area contributed by atoms with E-state index in [-0.39, 0.29) is 13.2 Å². The first-order valence-corrected chi connectivity index (χ1v) is 9.51. The third-order valence-electron chi connectivity index (χ3n) is 4.51. The van der Waals surface area contributed by atoms with E-state index in [2.05, 4.69) is 4.98 Å². The van der Waals surface area contributed by atoms with Gasteiger partial charge in [-0.3, -0.25) is 0 Å². The standard InChI is InChI=1S/C23H25NO5/c1-5-27-22(26)23(3,4)29-17-11-12-19-18(13-17)20(15(2)24-19)21(25)28-14-16-9-7-6-8-10-16/h6-13,24H,5,14H2,1-4H3. The van der Waals surface area contributed by atoms with Crippen LogP contribution in [-0.2, 0) is 20.9 Å². The number of ether oxygens (including phenoxy) is 3. The number of hydrogen-bond acceptors (Lipinski definition) is 5. The van der Waals surface area contributed by atoms with E-state index in [1.807, 2.05) is 43.3 Å². The summed E-state index contributed by atoms with van der Waals surface area (Å²) in [6.07, 6.45) is 0. The van der Waals surface area contributed by atoms with Gasteiger partial charge in [-0.2, -0.15) is 0 Å². The molecule has 6 nitrogen and oxygen atoms in total. The molecule has 0 radical (unpaired) electrons. The van der Waals surface area contributed by atoms with Gasteiger partial charge in [0.1, 0.15) is 12.4 Å². The van der Waals surface area contributed by atoms with Crippen molar-refractivity contribution in [2.45, 2.75) is 39.9 Å². The molecule has 0 saturated heterocycles. The fourth-order valence-electron chi connectivity index (χ4n) is 3.07. The number of fused-ring (bicyclic) bond motifs is 1. The largest absolute Gasteiger partial charge is 0.476 e. The molecule has 1 aromatic heterocycles. The average molecular weight is 395 g/mol. The Hall–Kier alpha value is -3.28. The molecule has 152 valence electrons. The first-order valence-electron chi connectivity index (χ1n) is 9.51. The lowest BCUT2D eigenvalue weighted by atomic mass is 10.1. The summed E-state index contributed by atoms with van der Waals surface area (Å²) in [6.45, 7) is 7.33. The second kappa shape index (κ2) is 8.39. The summed E-state index contributed by atoms with van der Waals surface area (Å²) in [4.78, 5) is 28.0. The fraction of sp³-hybridized carbons (Fsp3) is 0.304. The molecule has 0 aliphatic carbocycles. The zero-order valence-electron chi connectivity index (χ0n) is 17.1. The predicted molar refractivity (Wildman–Crippen MR) is 110 cm³/mol. The van der Waals surface area contributed by atoms with E-state index in [0.29, 0.717) is 22.4 Å². The fourth-order valence-corrected chi connectivity index (χ4v) is 3.07. The maximum absolute atomic E-state index is 12.7. The van der Waals surface area contributed by atoms with Gasteiger partial charge in [-0.15, -0.1) is 0 Å². The van der Waals surface area contributed by atoms with Crippen LogP contribution < -0.4 is 4.74 Å². The molecular formula is C23H25NO5. The van der Waals surface area contributed by atoms with Crippen LogP contribution in [-0.4, -0.2) is 29.1 Å². The number of carbonyl (C=O) groups excluding carboxylic acids is 2. The van der Waals surface area contributed by atoms with Crippen molar-refractivity contribution >= 4 is 22.8 Å². The maximum atomic E-state index is 12.7. The van der Waals surface area contributed by atoms with Crippen molar-refractivity contribution in [3.8, 4) is 5.75 Å². The Labute approximate surface area is 169 Å². The molecule has 29 heavy (non-hydrogen) atoms. The highest BCUT2D eigenvalue weighted by molar-refractivity contribution is 6.06. The molecule has 1 heterocycles. The van der Waals surface area contributed by atoms with Crippen LogP contribution >= 0.6 is 0 Å². The highest BCUT2D eigenvalue weighted by atomic mass is 16.6. The summed E-state index contributed by atoms with van der Waals surface area (Å²) in [5.74, 6) is -0.404. The van der Waals surface area contributed by atoms with E-state index in [9.17, 15) is 9.59 Å². The molecular weight excluding hydrogens is 370 g/mol. The van der Waals surface area contributed by atoms with Gasteiger partial charge in [0.05, 0.1) is 12.2 Å². The van der Waals surface area contributed by atoms with Crippen LogP contribution in [0, 0.1) is 6.92 Å². The molecule has 3 aromatic rings. The molecule has 3 rings (SSSR count). The summed E-state index contributed by atoms with van der Waals surface area (Å²) < 4.78 is 16.4. The number of H-pyrrole nitrogens is 1. The minimum Gasteiger partial charge on any atom is -0.476 e. The molecule has 0 aliphatic heterocycles. The lowest BCUT2D eigenvalue weighted by Gasteiger charge is -2.24. The van der Waals surface area contributed by atoms with Crippen molar-refractivity contribution in [3.05, 3.63) is 65.4 Å². The van der Waals surface area contributed by atoms with E-state index in [4.69, 9.17) is 14.2 Å². The molecule has 0 atom stereocenters. The van der Waals surface area contributed by atoms with Crippen molar-refractivity contribution in [2.75, 3.05) is 6.61 Å². The Kier molecular flexibility index (Phi) is 5.92. The third-order valence-corrected chi connectivity index (χ3v) is 4.51. The van der Waals surface area contributed by atoms with Crippen molar-refractivity contribution in [1.82, 2.24) is 4.98 Å². The lowest BCUT2D eigenvalue weighted by Crippen LogP contribution is -2.39. The van der Waals surface area contributed by atoms with Gasteiger partial charge in [-0.05, 0) is 51.5 Å². The summed E-state index contributed by atoms with van der Waals surface area (Å²) in [5, 5.41) is 0.678. The highest BCUT2D eigenvalue weighted by Crippen LogP contribution is 2.29. The Morgan fingerprint density at radius 2 is 1.76 bits per heavy atom. The number of nitrogens with one attached hydrogen (secondary N) is 1. The number of aryl methyl sites for hydroxylation is 1. The number of benzene rings is 2. The SMILES string of the molecule is CCOC(=O)C(C)(C)Oc1ccc2[nH]c(C)c(C(=O)OCc3ccccc3)c2c1. The Morgan fingerprint density at radius 1 is 1.03 bits per heavy atom. The number of aromatic amines is 1. The van der Waals surface area contributed by atoms with Gasteiger partial charge in [0, 0.05) is 16.6 Å². The first-order chi connectivity index (χ1) is 13.8. The minimum atomic E-state index is -1.15. The number of carbonyl (C=O) groups is 2. The van der Waals surface area contributed by atoms with Crippen LogP contribution in [0.2, 0.25) is 0 Å². The monoisotopic (exact) mass is 395 g/mol. The van der Waals surface area contributed by atoms with Gasteiger partial charge in [-0.25, -0.2) is 9.59 Å². The number of hydrogen-bond donors (Lipinski definition) is 1. The van der Waals surface area contributed by atoms with E-state index >= 15 is 0 Å². The Balaban J connectivity index is 1.84. The zero-order valence-corrected chi connectivity index (χ0v) is 17.1. The molecule has 0 unspecified atom stereocenters. The van der Waals surface area contributed by atoms with Crippen molar-refractivity contribution in [1.29, 1.82) is 0 Å². The van der Waals surface area contributed by atoms with Crippen LogP contribution in [0.5, 0.6) is 5.75 Å². The predicted octanol–water partition coefficient (Wildman–Crippen LogP) is 4.55. The van der Waals surface area contributed by atoms with Crippen molar-refractivity contribution in [3.63, 3.8) is 0 Å². The van der Waals surface area contributed by atoms with Gasteiger partial charge < -0.3 is 19.2 Å². The summed E-state index contributed by atoms with van der Waals surface area (Å²) in [6, 6.07) is 14.8. The second-order valence-corrected chi connectivity index (χ2v) is 7.23. The van der Waals surface area contributed by atoms with Gasteiger partial charge in [0.2, 0.25) is 0 Å². The number of aromatic nitrogens is 1. The van der Waals surface area contributed by atoms with Gasteiger partial charge in [0.15, 0.2) is 5.60 Å². The smallest absolute Gasteiger partial charge is 0.349 e. The summed E-state index contributed by atoms with van der Waals surface area (Å²) >= 11 is 0. The molecule has 2 aromatic carbocycles. The molecule has 1 N–H and O–H groups in total. The van der Waals surface area contributed by atoms with E-state index < -0.39 is 17.5 Å². The van der Waals surface area contributed by atoms with Gasteiger partial charge in [-0.1, -0.05) is 30.3 Å². The number of esters is 2. The topological polar surface area (TPSA) is 77.6 Å². The van der Waals surface area contributed by atoms with E-state index in [1.165, 1.54) is 0 Å². The van der Waals surface area contributed by atoms with Gasteiger partial charge in [0.25, 0.3) is 0 Å². The van der Waals surface area contributed by atoms with Crippen molar-refractivity contribution < 1.29 is 23.8 Å². The van der Waals surface area contributed by atoms with E-state index in [1.54, 1.807) is 32.9 Å². The van der Waals surface area contributed by atoms with E-state index in [0.717, 1.165) is 11.1 Å². The normalized spacial score (nSPS) is 11.3. The highest BCUT2D eigenvalue weighted by Gasteiger charge is 2.32. The Morgan fingerprint density at radius 3 is 2.45 bits per heavy atom. The number of rotatable bonds is 7. The molecule has 0 amide bonds. The van der Waals surface area contributed by atoms with Crippen LogP contribution in [0.4, 0.5) is 0 Å². The lowest BCUT2D eigenvalue weighted by molar-refractivity contribution is -0.158. The zero-order chi connectivity index (χ0) is 21.0. The van der Waals surface area contributed by atoms with Crippen LogP contribution in [0.1, 0.15) is 42.4 Å². The molecule has 0 spiro atoms. The molecule has 0 saturated carbocycles. The maximum Gasteiger partial charge on any atom is 0.349 e. The molecule has 6 heteroatoms. The molecule has 0 fully saturated rings. The Bertz CT molecular complexity index is 1020. The summed E-state index contributed by atoms with van der Waals surface area (Å²) in [5.41, 5.74) is 1.72. The minimum absolute atomic E-state index is 0.192. The molecule has 0 aliphatic rings. The van der Waals surface area contributed by atoms with Crippen LogP contribution in [0.3, 0.4) is 0 Å². The molecule has 0 bridgehead atoms. The van der Waals surface area contributed by atoms with Crippen LogP contribution in [0.25, 0.3) is 10.9 Å². The van der Waals surface area contributed by atoms with Crippen LogP contribution in [0.15, 0.2) is 48.5 Å². The average Bonchev–Trinajstić information content (AvgIpc) is 3.02. The summed E-state index contributed by atoms with van der Waals surface area (Å²) in [7, 11) is 0. The first kappa shape index (κ1) is 20.5. The van der Waals surface area contributed by atoms with Gasteiger partial charge >= 0.3 is 11.9 Å².